The fraction of sp³-hybridized carbons (Fsp3) is 0. The number of rotatable bonds is 0. The Balaban J connectivity index is 2.57. The second-order valence-electron chi connectivity index (χ2n) is 3.75. The molecule has 0 bridgehead atoms. The molecule has 0 amide bonds. The van der Waals surface area contributed by atoms with E-state index in [1.165, 1.54) is 0 Å². The lowest BCUT2D eigenvalue weighted by Gasteiger charge is -2.00. The molecule has 0 aliphatic rings. The van der Waals surface area contributed by atoms with E-state index in [4.69, 9.17) is 5.26 Å². The van der Waals surface area contributed by atoms with E-state index in [-0.39, 0.29) is 5.43 Å². The van der Waals surface area contributed by atoms with Crippen LogP contribution in [0.5, 0.6) is 0 Å². The van der Waals surface area contributed by atoms with Crippen LogP contribution in [0.2, 0.25) is 0 Å². The zero-order chi connectivity index (χ0) is 11.8. The molecule has 3 aromatic rings. The molecule has 0 aliphatic carbocycles. The van der Waals surface area contributed by atoms with Gasteiger partial charge in [0.2, 0.25) is 0 Å². The van der Waals surface area contributed by atoms with Gasteiger partial charge in [0.05, 0.1) is 11.6 Å². The van der Waals surface area contributed by atoms with Gasteiger partial charge in [-0.3, -0.25) is 4.79 Å². The van der Waals surface area contributed by atoms with Crippen molar-refractivity contribution in [2.24, 2.45) is 0 Å². The molecule has 2 nitrogen and oxygen atoms in total. The largest absolute Gasteiger partial charge is 0.289 e. The minimum atomic E-state index is 0.00597. The summed E-state index contributed by atoms with van der Waals surface area (Å²) in [6.07, 6.45) is 0. The number of nitrogens with zero attached hydrogens (tertiary/aromatic N) is 1. The lowest BCUT2D eigenvalue weighted by atomic mass is 10.1. The van der Waals surface area contributed by atoms with Crippen LogP contribution in [0, 0.1) is 11.3 Å². The first-order chi connectivity index (χ1) is 8.29. The Hall–Kier alpha value is -2.18. The quantitative estimate of drug-likeness (QED) is 0.563. The van der Waals surface area contributed by atoms with Crippen molar-refractivity contribution < 1.29 is 0 Å². The fourth-order valence-electron chi connectivity index (χ4n) is 1.87. The molecule has 3 heteroatoms. The van der Waals surface area contributed by atoms with E-state index < -0.39 is 0 Å². The second kappa shape index (κ2) is 3.69. The average Bonchev–Trinajstić information content (AvgIpc) is 2.39. The van der Waals surface area contributed by atoms with Crippen molar-refractivity contribution >= 4 is 31.5 Å². The molecule has 3 rings (SSSR count). The van der Waals surface area contributed by atoms with Crippen LogP contribution in [0.25, 0.3) is 20.2 Å². The highest BCUT2D eigenvalue weighted by molar-refractivity contribution is 7.24. The molecule has 0 spiro atoms. The molecule has 0 N–H and O–H groups in total. The number of hydrogen-bond donors (Lipinski definition) is 0. The van der Waals surface area contributed by atoms with Gasteiger partial charge >= 0.3 is 0 Å². The molecular weight excluding hydrogens is 230 g/mol. The van der Waals surface area contributed by atoms with Crippen molar-refractivity contribution in [3.63, 3.8) is 0 Å². The summed E-state index contributed by atoms with van der Waals surface area (Å²) in [6.45, 7) is 0. The average molecular weight is 237 g/mol. The highest BCUT2D eigenvalue weighted by atomic mass is 32.1. The van der Waals surface area contributed by atoms with Gasteiger partial charge in [0.1, 0.15) is 0 Å². The van der Waals surface area contributed by atoms with Crippen molar-refractivity contribution in [1.29, 1.82) is 5.26 Å². The van der Waals surface area contributed by atoms with Gasteiger partial charge in [-0.2, -0.15) is 5.26 Å². The third-order valence-corrected chi connectivity index (χ3v) is 3.86. The van der Waals surface area contributed by atoms with E-state index in [9.17, 15) is 4.79 Å². The summed E-state index contributed by atoms with van der Waals surface area (Å²) < 4.78 is 1.91. The SMILES string of the molecule is N#Cc1ccc2sc3ccccc3c(=O)c2c1. The Labute approximate surface area is 101 Å². The standard InChI is InChI=1S/C14H7NOS/c15-8-9-5-6-13-11(7-9)14(16)10-3-1-2-4-12(10)17-13/h1-7H. The van der Waals surface area contributed by atoms with E-state index in [0.717, 1.165) is 14.8 Å². The maximum atomic E-state index is 12.3. The van der Waals surface area contributed by atoms with E-state index >= 15 is 0 Å². The summed E-state index contributed by atoms with van der Waals surface area (Å²) in [6, 6.07) is 14.9. The van der Waals surface area contributed by atoms with E-state index in [2.05, 4.69) is 6.07 Å². The highest BCUT2D eigenvalue weighted by Gasteiger charge is 2.05. The van der Waals surface area contributed by atoms with Gasteiger partial charge in [0.15, 0.2) is 5.43 Å². The maximum Gasteiger partial charge on any atom is 0.195 e. The summed E-state index contributed by atoms with van der Waals surface area (Å²) in [5.41, 5.74) is 0.531. The minimum Gasteiger partial charge on any atom is -0.289 e. The number of benzene rings is 2. The van der Waals surface area contributed by atoms with Crippen molar-refractivity contribution in [3.05, 3.63) is 58.3 Å². The van der Waals surface area contributed by atoms with Gasteiger partial charge in [0, 0.05) is 20.2 Å². The molecular formula is C14H7NOS. The normalized spacial score (nSPS) is 10.5. The van der Waals surface area contributed by atoms with Gasteiger partial charge in [0.25, 0.3) is 0 Å². The van der Waals surface area contributed by atoms with Crippen molar-refractivity contribution in [3.8, 4) is 6.07 Å². The van der Waals surface area contributed by atoms with Crippen LogP contribution >= 0.6 is 11.3 Å². The molecule has 0 unspecified atom stereocenters. The fourth-order valence-corrected chi connectivity index (χ4v) is 2.92. The monoisotopic (exact) mass is 237 g/mol. The zero-order valence-corrected chi connectivity index (χ0v) is 9.62. The highest BCUT2D eigenvalue weighted by Crippen LogP contribution is 2.24. The Kier molecular flexibility index (Phi) is 2.17. The first kappa shape index (κ1) is 10.0. The van der Waals surface area contributed by atoms with Crippen molar-refractivity contribution in [1.82, 2.24) is 0 Å². The summed E-state index contributed by atoms with van der Waals surface area (Å²) in [5.74, 6) is 0. The summed E-state index contributed by atoms with van der Waals surface area (Å²) in [4.78, 5) is 12.3. The van der Waals surface area contributed by atoms with E-state index in [1.54, 1.807) is 23.5 Å². The molecule has 0 saturated heterocycles. The molecule has 1 heterocycles. The first-order valence-electron chi connectivity index (χ1n) is 5.15. The van der Waals surface area contributed by atoms with Crippen LogP contribution in [-0.2, 0) is 0 Å². The predicted molar refractivity (Wildman–Crippen MR) is 70.3 cm³/mol. The zero-order valence-electron chi connectivity index (χ0n) is 8.81. The molecule has 80 valence electrons. The lowest BCUT2D eigenvalue weighted by Crippen LogP contribution is -2.00. The summed E-state index contributed by atoms with van der Waals surface area (Å²) in [7, 11) is 0. The Morgan fingerprint density at radius 3 is 2.59 bits per heavy atom. The van der Waals surface area contributed by atoms with E-state index in [1.807, 2.05) is 30.3 Å². The molecule has 1 aromatic heterocycles. The van der Waals surface area contributed by atoms with Crippen molar-refractivity contribution in [2.45, 2.75) is 0 Å². The second-order valence-corrected chi connectivity index (χ2v) is 4.83. The van der Waals surface area contributed by atoms with E-state index in [0.29, 0.717) is 10.9 Å². The molecule has 0 radical (unpaired) electrons. The smallest absolute Gasteiger partial charge is 0.195 e. The summed E-state index contributed by atoms with van der Waals surface area (Å²) >= 11 is 1.58. The van der Waals surface area contributed by atoms with Gasteiger partial charge in [-0.25, -0.2) is 0 Å². The Morgan fingerprint density at radius 1 is 1.00 bits per heavy atom. The number of fused-ring (bicyclic) bond motifs is 2. The predicted octanol–water partition coefficient (Wildman–Crippen LogP) is 3.29. The van der Waals surface area contributed by atoms with Gasteiger partial charge in [-0.1, -0.05) is 12.1 Å². The summed E-state index contributed by atoms with van der Waals surface area (Å²) in [5, 5.41) is 10.2. The number of nitriles is 1. The third-order valence-electron chi connectivity index (χ3n) is 2.70. The Morgan fingerprint density at radius 2 is 1.76 bits per heavy atom. The van der Waals surface area contributed by atoms with Crippen LogP contribution in [0.1, 0.15) is 5.56 Å². The number of hydrogen-bond acceptors (Lipinski definition) is 3. The molecule has 2 aromatic carbocycles. The van der Waals surface area contributed by atoms with Gasteiger partial charge in [-0.05, 0) is 30.3 Å². The topological polar surface area (TPSA) is 40.9 Å². The van der Waals surface area contributed by atoms with Crippen LogP contribution in [0.4, 0.5) is 0 Å². The van der Waals surface area contributed by atoms with Gasteiger partial charge in [-0.15, -0.1) is 11.3 Å². The van der Waals surface area contributed by atoms with Crippen LogP contribution in [-0.4, -0.2) is 0 Å². The maximum absolute atomic E-state index is 12.3. The molecule has 0 fully saturated rings. The first-order valence-corrected chi connectivity index (χ1v) is 5.97. The third kappa shape index (κ3) is 1.50. The molecule has 0 aliphatic heterocycles. The van der Waals surface area contributed by atoms with Gasteiger partial charge < -0.3 is 0 Å². The van der Waals surface area contributed by atoms with Crippen molar-refractivity contribution in [2.75, 3.05) is 0 Å². The molecule has 0 atom stereocenters. The lowest BCUT2D eigenvalue weighted by molar-refractivity contribution is 1.50. The van der Waals surface area contributed by atoms with Crippen LogP contribution < -0.4 is 5.43 Å². The molecule has 17 heavy (non-hydrogen) atoms. The van der Waals surface area contributed by atoms with Crippen LogP contribution in [0.3, 0.4) is 0 Å². The Bertz CT molecular complexity index is 827. The van der Waals surface area contributed by atoms with Crippen LogP contribution in [0.15, 0.2) is 47.3 Å². The molecule has 0 saturated carbocycles. The minimum absolute atomic E-state index is 0.00597.